The minimum absolute atomic E-state index is 0.322. The van der Waals surface area contributed by atoms with Gasteiger partial charge in [0.15, 0.2) is 11.5 Å². The summed E-state index contributed by atoms with van der Waals surface area (Å²) in [4.78, 5) is 17.8. The fourth-order valence-electron chi connectivity index (χ4n) is 2.35. The first-order chi connectivity index (χ1) is 11.5. The predicted molar refractivity (Wildman–Crippen MR) is 94.8 cm³/mol. The van der Waals surface area contributed by atoms with Gasteiger partial charge in [0.25, 0.3) is 0 Å². The van der Waals surface area contributed by atoms with E-state index in [1.54, 1.807) is 6.20 Å². The number of fused-ring (bicyclic) bond motifs is 1. The van der Waals surface area contributed by atoms with E-state index in [2.05, 4.69) is 33.8 Å². The van der Waals surface area contributed by atoms with Crippen LogP contribution in [0.1, 0.15) is 25.2 Å². The highest BCUT2D eigenvalue weighted by molar-refractivity contribution is 6.33. The zero-order chi connectivity index (χ0) is 17.1. The lowest BCUT2D eigenvalue weighted by atomic mass is 10.1. The van der Waals surface area contributed by atoms with E-state index in [1.807, 2.05) is 31.2 Å². The van der Waals surface area contributed by atoms with Crippen LogP contribution < -0.4 is 0 Å². The average Bonchev–Trinajstić information content (AvgIpc) is 2.54. The van der Waals surface area contributed by atoms with Gasteiger partial charge in [-0.3, -0.25) is 4.98 Å². The zero-order valence-corrected chi connectivity index (χ0v) is 14.7. The Morgan fingerprint density at radius 2 is 1.96 bits per heavy atom. The van der Waals surface area contributed by atoms with Gasteiger partial charge in [0.2, 0.25) is 0 Å². The van der Waals surface area contributed by atoms with Crippen molar-refractivity contribution in [3.8, 4) is 11.4 Å². The molecular formula is C18H19ClN4O. The summed E-state index contributed by atoms with van der Waals surface area (Å²) in [6.45, 7) is 7.17. The van der Waals surface area contributed by atoms with Crippen LogP contribution in [0.4, 0.5) is 0 Å². The molecule has 24 heavy (non-hydrogen) atoms. The molecule has 3 aromatic rings. The summed E-state index contributed by atoms with van der Waals surface area (Å²) in [5.41, 5.74) is 3.22. The van der Waals surface area contributed by atoms with Crippen molar-refractivity contribution in [2.45, 2.75) is 27.4 Å². The van der Waals surface area contributed by atoms with Gasteiger partial charge in [-0.15, -0.1) is 0 Å². The molecule has 3 heterocycles. The molecule has 0 bridgehead atoms. The van der Waals surface area contributed by atoms with Crippen LogP contribution in [0, 0.1) is 12.8 Å². The van der Waals surface area contributed by atoms with Crippen molar-refractivity contribution in [2.24, 2.45) is 5.92 Å². The fourth-order valence-corrected chi connectivity index (χ4v) is 2.60. The van der Waals surface area contributed by atoms with E-state index < -0.39 is 0 Å². The molecule has 0 aromatic carbocycles. The third-order valence-electron chi connectivity index (χ3n) is 3.49. The standard InChI is InChI=1S/C18H19ClN4O/c1-11(2)9-24-10-15-22-17(19)13-6-7-14(21-18(13)23-15)16-12(3)5-4-8-20-16/h4-8,11H,9-10H2,1-3H3. The van der Waals surface area contributed by atoms with Crippen molar-refractivity contribution in [3.63, 3.8) is 0 Å². The molecule has 0 radical (unpaired) electrons. The van der Waals surface area contributed by atoms with Crippen LogP contribution in [0.25, 0.3) is 22.4 Å². The lowest BCUT2D eigenvalue weighted by molar-refractivity contribution is 0.0925. The molecule has 5 nitrogen and oxygen atoms in total. The number of nitrogens with zero attached hydrogens (tertiary/aromatic N) is 4. The van der Waals surface area contributed by atoms with E-state index in [9.17, 15) is 0 Å². The van der Waals surface area contributed by atoms with Crippen molar-refractivity contribution >= 4 is 22.6 Å². The van der Waals surface area contributed by atoms with Gasteiger partial charge in [-0.1, -0.05) is 31.5 Å². The van der Waals surface area contributed by atoms with E-state index in [4.69, 9.17) is 16.3 Å². The molecule has 0 saturated heterocycles. The molecule has 0 N–H and O–H groups in total. The number of rotatable bonds is 5. The first kappa shape index (κ1) is 16.7. The second-order valence-corrected chi connectivity index (χ2v) is 6.43. The lowest BCUT2D eigenvalue weighted by Gasteiger charge is -2.08. The monoisotopic (exact) mass is 342 g/mol. The normalized spacial score (nSPS) is 11.4. The van der Waals surface area contributed by atoms with E-state index in [0.717, 1.165) is 22.3 Å². The van der Waals surface area contributed by atoms with Crippen molar-refractivity contribution in [1.82, 2.24) is 19.9 Å². The van der Waals surface area contributed by atoms with Crippen molar-refractivity contribution in [3.05, 3.63) is 47.0 Å². The largest absolute Gasteiger partial charge is 0.373 e. The zero-order valence-electron chi connectivity index (χ0n) is 14.0. The molecule has 0 aliphatic heterocycles. The van der Waals surface area contributed by atoms with Crippen LogP contribution >= 0.6 is 11.6 Å². The van der Waals surface area contributed by atoms with Crippen LogP contribution in [-0.4, -0.2) is 26.5 Å². The van der Waals surface area contributed by atoms with E-state index in [-0.39, 0.29) is 0 Å². The number of ether oxygens (including phenoxy) is 1. The van der Waals surface area contributed by atoms with E-state index in [1.165, 1.54) is 0 Å². The fraction of sp³-hybridized carbons (Fsp3) is 0.333. The Balaban J connectivity index is 1.97. The molecule has 0 unspecified atom stereocenters. The summed E-state index contributed by atoms with van der Waals surface area (Å²) in [6, 6.07) is 7.68. The Labute approximate surface area is 146 Å². The molecule has 0 amide bonds. The number of aryl methyl sites for hydroxylation is 1. The summed E-state index contributed by atoms with van der Waals surface area (Å²) in [6.07, 6.45) is 1.76. The van der Waals surface area contributed by atoms with Crippen LogP contribution in [0.3, 0.4) is 0 Å². The summed E-state index contributed by atoms with van der Waals surface area (Å²) >= 11 is 6.27. The maximum absolute atomic E-state index is 6.27. The minimum atomic E-state index is 0.322. The molecule has 0 atom stereocenters. The second kappa shape index (κ2) is 7.20. The van der Waals surface area contributed by atoms with Crippen molar-refractivity contribution in [1.29, 1.82) is 0 Å². The van der Waals surface area contributed by atoms with Gasteiger partial charge in [-0.2, -0.15) is 0 Å². The molecule has 0 spiro atoms. The van der Waals surface area contributed by atoms with Crippen LogP contribution in [0.5, 0.6) is 0 Å². The quantitative estimate of drug-likeness (QED) is 0.649. The first-order valence-electron chi connectivity index (χ1n) is 7.87. The molecule has 0 fully saturated rings. The third kappa shape index (κ3) is 3.68. The number of pyridine rings is 2. The van der Waals surface area contributed by atoms with Crippen LogP contribution in [0.15, 0.2) is 30.5 Å². The third-order valence-corrected chi connectivity index (χ3v) is 3.78. The van der Waals surface area contributed by atoms with Crippen molar-refractivity contribution in [2.75, 3.05) is 6.61 Å². The highest BCUT2D eigenvalue weighted by Crippen LogP contribution is 2.24. The maximum Gasteiger partial charge on any atom is 0.165 e. The van der Waals surface area contributed by atoms with Gasteiger partial charge in [0.1, 0.15) is 11.8 Å². The Kier molecular flexibility index (Phi) is 5.02. The average molecular weight is 343 g/mol. The number of aromatic nitrogens is 4. The van der Waals surface area contributed by atoms with Gasteiger partial charge in [-0.25, -0.2) is 15.0 Å². The lowest BCUT2D eigenvalue weighted by Crippen LogP contribution is -2.06. The Bertz CT molecular complexity index is 867. The molecule has 6 heteroatoms. The minimum Gasteiger partial charge on any atom is -0.373 e. The molecule has 124 valence electrons. The van der Waals surface area contributed by atoms with Gasteiger partial charge in [-0.05, 0) is 36.6 Å². The highest BCUT2D eigenvalue weighted by Gasteiger charge is 2.11. The van der Waals surface area contributed by atoms with Crippen LogP contribution in [0.2, 0.25) is 5.15 Å². The predicted octanol–water partition coefficient (Wildman–Crippen LogP) is 4.22. The molecule has 0 aliphatic carbocycles. The molecule has 0 aliphatic rings. The maximum atomic E-state index is 6.27. The summed E-state index contributed by atoms with van der Waals surface area (Å²) in [5.74, 6) is 0.994. The highest BCUT2D eigenvalue weighted by atomic mass is 35.5. The van der Waals surface area contributed by atoms with Crippen molar-refractivity contribution < 1.29 is 4.74 Å². The molecule has 0 saturated carbocycles. The molecular weight excluding hydrogens is 324 g/mol. The van der Waals surface area contributed by atoms with Crippen LogP contribution in [-0.2, 0) is 11.3 Å². The second-order valence-electron chi connectivity index (χ2n) is 6.08. The van der Waals surface area contributed by atoms with Gasteiger partial charge in [0, 0.05) is 12.8 Å². The SMILES string of the molecule is Cc1cccnc1-c1ccc2c(Cl)nc(COCC(C)C)nc2n1. The number of hydrogen-bond donors (Lipinski definition) is 0. The molecule has 3 rings (SSSR count). The van der Waals surface area contributed by atoms with Gasteiger partial charge < -0.3 is 4.74 Å². The van der Waals surface area contributed by atoms with Gasteiger partial charge in [0.05, 0.1) is 16.8 Å². The number of hydrogen-bond acceptors (Lipinski definition) is 5. The van der Waals surface area contributed by atoms with E-state index >= 15 is 0 Å². The number of halogens is 1. The summed E-state index contributed by atoms with van der Waals surface area (Å²) < 4.78 is 5.60. The topological polar surface area (TPSA) is 60.8 Å². The van der Waals surface area contributed by atoms with Gasteiger partial charge >= 0.3 is 0 Å². The summed E-state index contributed by atoms with van der Waals surface area (Å²) in [5, 5.41) is 1.11. The van der Waals surface area contributed by atoms with E-state index in [0.29, 0.717) is 35.8 Å². The Morgan fingerprint density at radius 1 is 1.12 bits per heavy atom. The smallest absolute Gasteiger partial charge is 0.165 e. The Morgan fingerprint density at radius 3 is 2.71 bits per heavy atom. The molecule has 3 aromatic heterocycles. The summed E-state index contributed by atoms with van der Waals surface area (Å²) in [7, 11) is 0. The Hall–Kier alpha value is -2.11. The first-order valence-corrected chi connectivity index (χ1v) is 8.25.